The highest BCUT2D eigenvalue weighted by Crippen LogP contribution is 2.38. The van der Waals surface area contributed by atoms with E-state index in [1.54, 1.807) is 0 Å². The van der Waals surface area contributed by atoms with Crippen LogP contribution in [0.25, 0.3) is 65.8 Å². The quantitative estimate of drug-likeness (QED) is 0.244. The first-order valence-electron chi connectivity index (χ1n) is 12.4. The van der Waals surface area contributed by atoms with Crippen molar-refractivity contribution in [3.05, 3.63) is 133 Å². The van der Waals surface area contributed by atoms with Gasteiger partial charge in [0.2, 0.25) is 0 Å². The lowest BCUT2D eigenvalue weighted by atomic mass is 10.1. The SMILES string of the molecule is c1cc(-n2c3ccccc3c3ccccc32)c2cccc(-n3c4ccccc4c4ccccc43)c2c1. The van der Waals surface area contributed by atoms with Crippen LogP contribution in [0.1, 0.15) is 0 Å². The van der Waals surface area contributed by atoms with Crippen LogP contribution in [0.3, 0.4) is 0 Å². The molecule has 0 aliphatic carbocycles. The van der Waals surface area contributed by atoms with E-state index in [0.717, 1.165) is 0 Å². The maximum absolute atomic E-state index is 2.42. The zero-order valence-corrected chi connectivity index (χ0v) is 19.6. The van der Waals surface area contributed by atoms with Crippen molar-refractivity contribution in [1.29, 1.82) is 0 Å². The van der Waals surface area contributed by atoms with Gasteiger partial charge in [-0.1, -0.05) is 97.1 Å². The standard InChI is InChI=1S/C34H22N2/c1-5-17-29-23(11-1)24-12-2-6-18-30(24)35(29)33-21-9-16-28-27(33)15-10-22-34(28)36-31-19-7-3-13-25(31)26-14-4-8-20-32(26)36/h1-22H. The molecule has 0 spiro atoms. The summed E-state index contributed by atoms with van der Waals surface area (Å²) in [7, 11) is 0. The van der Waals surface area contributed by atoms with Crippen molar-refractivity contribution >= 4 is 54.4 Å². The maximum atomic E-state index is 2.42. The molecule has 0 amide bonds. The molecule has 2 heterocycles. The Morgan fingerprint density at radius 2 is 0.528 bits per heavy atom. The summed E-state index contributed by atoms with van der Waals surface area (Å²) < 4.78 is 4.84. The lowest BCUT2D eigenvalue weighted by Gasteiger charge is -2.15. The number of hydrogen-bond acceptors (Lipinski definition) is 0. The fourth-order valence-corrected chi connectivity index (χ4v) is 6.03. The van der Waals surface area contributed by atoms with Crippen LogP contribution < -0.4 is 0 Å². The Kier molecular flexibility index (Phi) is 3.97. The normalized spacial score (nSPS) is 11.9. The highest BCUT2D eigenvalue weighted by Gasteiger charge is 2.17. The van der Waals surface area contributed by atoms with E-state index in [0.29, 0.717) is 0 Å². The summed E-state index contributed by atoms with van der Waals surface area (Å²) in [5.74, 6) is 0. The first-order valence-corrected chi connectivity index (χ1v) is 12.4. The molecule has 0 aliphatic heterocycles. The van der Waals surface area contributed by atoms with Crippen molar-refractivity contribution in [3.8, 4) is 11.4 Å². The Labute approximate surface area is 208 Å². The van der Waals surface area contributed by atoms with Crippen LogP contribution in [0.15, 0.2) is 133 Å². The summed E-state index contributed by atoms with van der Waals surface area (Å²) in [6.45, 7) is 0. The van der Waals surface area contributed by atoms with Crippen LogP contribution in [0.2, 0.25) is 0 Å². The van der Waals surface area contributed by atoms with Gasteiger partial charge in [0.1, 0.15) is 0 Å². The predicted molar refractivity (Wildman–Crippen MR) is 153 cm³/mol. The minimum atomic E-state index is 1.20. The molecule has 0 saturated heterocycles. The maximum Gasteiger partial charge on any atom is 0.0541 e. The third-order valence-electron chi connectivity index (χ3n) is 7.52. The second kappa shape index (κ2) is 7.34. The molecule has 0 bridgehead atoms. The van der Waals surface area contributed by atoms with Crippen molar-refractivity contribution in [2.45, 2.75) is 0 Å². The molecule has 0 radical (unpaired) electrons. The van der Waals surface area contributed by atoms with Gasteiger partial charge >= 0.3 is 0 Å². The Balaban J connectivity index is 1.50. The topological polar surface area (TPSA) is 9.86 Å². The van der Waals surface area contributed by atoms with Crippen LogP contribution in [0.5, 0.6) is 0 Å². The van der Waals surface area contributed by atoms with Gasteiger partial charge in [-0.15, -0.1) is 0 Å². The minimum Gasteiger partial charge on any atom is -0.309 e. The van der Waals surface area contributed by atoms with Crippen LogP contribution in [0, 0.1) is 0 Å². The molecule has 8 rings (SSSR count). The van der Waals surface area contributed by atoms with Crippen LogP contribution in [-0.2, 0) is 0 Å². The van der Waals surface area contributed by atoms with Crippen molar-refractivity contribution in [3.63, 3.8) is 0 Å². The van der Waals surface area contributed by atoms with E-state index in [2.05, 4.69) is 143 Å². The molecule has 0 saturated carbocycles. The molecule has 2 nitrogen and oxygen atoms in total. The molecule has 0 atom stereocenters. The first-order chi connectivity index (χ1) is 17.9. The molecule has 0 unspecified atom stereocenters. The molecule has 0 fully saturated rings. The molecular weight excluding hydrogens is 436 g/mol. The number of aromatic nitrogens is 2. The smallest absolute Gasteiger partial charge is 0.0541 e. The Bertz CT molecular complexity index is 1850. The van der Waals surface area contributed by atoms with E-state index >= 15 is 0 Å². The number of benzene rings is 6. The summed E-state index contributed by atoms with van der Waals surface area (Å²) in [5.41, 5.74) is 7.32. The van der Waals surface area contributed by atoms with Crippen molar-refractivity contribution in [1.82, 2.24) is 9.13 Å². The van der Waals surface area contributed by atoms with Crippen molar-refractivity contribution in [2.24, 2.45) is 0 Å². The summed E-state index contributed by atoms with van der Waals surface area (Å²) in [6, 6.07) is 48.2. The van der Waals surface area contributed by atoms with E-state index < -0.39 is 0 Å². The first kappa shape index (κ1) is 19.5. The molecule has 168 valence electrons. The van der Waals surface area contributed by atoms with Gasteiger partial charge in [-0.05, 0) is 36.4 Å². The number of fused-ring (bicyclic) bond motifs is 7. The van der Waals surface area contributed by atoms with Gasteiger partial charge in [0.05, 0.1) is 33.4 Å². The molecule has 0 N–H and O–H groups in total. The minimum absolute atomic E-state index is 1.20. The fraction of sp³-hybridized carbons (Fsp3) is 0. The highest BCUT2D eigenvalue weighted by molar-refractivity contribution is 6.13. The van der Waals surface area contributed by atoms with E-state index in [1.807, 2.05) is 0 Å². The van der Waals surface area contributed by atoms with Crippen molar-refractivity contribution in [2.75, 3.05) is 0 Å². The van der Waals surface area contributed by atoms with Gasteiger partial charge in [0.25, 0.3) is 0 Å². The van der Waals surface area contributed by atoms with Crippen LogP contribution in [0.4, 0.5) is 0 Å². The van der Waals surface area contributed by atoms with E-state index in [9.17, 15) is 0 Å². The van der Waals surface area contributed by atoms with Gasteiger partial charge in [0, 0.05) is 32.3 Å². The third-order valence-corrected chi connectivity index (χ3v) is 7.52. The zero-order chi connectivity index (χ0) is 23.6. The van der Waals surface area contributed by atoms with Crippen LogP contribution in [-0.4, -0.2) is 9.13 Å². The molecular formula is C34H22N2. The van der Waals surface area contributed by atoms with E-state index in [-0.39, 0.29) is 0 Å². The molecule has 36 heavy (non-hydrogen) atoms. The molecule has 6 aromatic carbocycles. The van der Waals surface area contributed by atoms with Gasteiger partial charge in [-0.25, -0.2) is 0 Å². The largest absolute Gasteiger partial charge is 0.309 e. The summed E-state index contributed by atoms with van der Waals surface area (Å²) in [6.07, 6.45) is 0. The monoisotopic (exact) mass is 458 g/mol. The van der Waals surface area contributed by atoms with Gasteiger partial charge in [-0.3, -0.25) is 0 Å². The lowest BCUT2D eigenvalue weighted by Crippen LogP contribution is -1.99. The number of rotatable bonds is 2. The van der Waals surface area contributed by atoms with E-state index in [4.69, 9.17) is 0 Å². The molecule has 8 aromatic rings. The molecule has 0 aliphatic rings. The Morgan fingerprint density at radius 1 is 0.250 bits per heavy atom. The van der Waals surface area contributed by atoms with Gasteiger partial charge in [-0.2, -0.15) is 0 Å². The van der Waals surface area contributed by atoms with Gasteiger partial charge in [0.15, 0.2) is 0 Å². The number of para-hydroxylation sites is 4. The predicted octanol–water partition coefficient (Wildman–Crippen LogP) is 9.03. The van der Waals surface area contributed by atoms with Crippen LogP contribution >= 0.6 is 0 Å². The highest BCUT2D eigenvalue weighted by atomic mass is 15.0. The average molecular weight is 459 g/mol. The second-order valence-corrected chi connectivity index (χ2v) is 9.39. The van der Waals surface area contributed by atoms with E-state index in [1.165, 1.54) is 65.8 Å². The van der Waals surface area contributed by atoms with Crippen molar-refractivity contribution < 1.29 is 0 Å². The zero-order valence-electron chi connectivity index (χ0n) is 19.6. The number of hydrogen-bond donors (Lipinski definition) is 0. The lowest BCUT2D eigenvalue weighted by molar-refractivity contribution is 1.18. The Hall–Kier alpha value is -4.82. The Morgan fingerprint density at radius 3 is 0.861 bits per heavy atom. The fourth-order valence-electron chi connectivity index (χ4n) is 6.03. The van der Waals surface area contributed by atoms with Gasteiger partial charge < -0.3 is 9.13 Å². The molecule has 2 heteroatoms. The summed E-state index contributed by atoms with van der Waals surface area (Å²) in [4.78, 5) is 0. The number of nitrogens with zero attached hydrogens (tertiary/aromatic N) is 2. The summed E-state index contributed by atoms with van der Waals surface area (Å²) >= 11 is 0. The second-order valence-electron chi connectivity index (χ2n) is 9.39. The molecule has 2 aromatic heterocycles. The average Bonchev–Trinajstić information content (AvgIpc) is 3.46. The third kappa shape index (κ3) is 2.56. The summed E-state index contributed by atoms with van der Waals surface area (Å²) in [5, 5.41) is 7.60.